The van der Waals surface area contributed by atoms with Gasteiger partial charge in [-0.25, -0.2) is 0 Å². The average molecular weight is 358 g/mol. The third kappa shape index (κ3) is 3.44. The fourth-order valence-corrected chi connectivity index (χ4v) is 4.02. The van der Waals surface area contributed by atoms with Crippen LogP contribution in [0.2, 0.25) is 0 Å². The molecule has 0 aromatic heterocycles. The molecule has 0 saturated heterocycles. The van der Waals surface area contributed by atoms with Crippen LogP contribution >= 0.6 is 0 Å². The van der Waals surface area contributed by atoms with E-state index in [1.807, 2.05) is 54.6 Å². The van der Waals surface area contributed by atoms with Crippen molar-refractivity contribution >= 4 is 61.2 Å². The quantitative estimate of drug-likeness (QED) is 0.409. The van der Waals surface area contributed by atoms with Crippen LogP contribution in [0.25, 0.3) is 21.5 Å². The first-order valence-electron chi connectivity index (χ1n) is 7.55. The third-order valence-corrected chi connectivity index (χ3v) is 5.26. The van der Waals surface area contributed by atoms with Crippen LogP contribution in [0.1, 0.15) is 0 Å². The van der Waals surface area contributed by atoms with E-state index in [9.17, 15) is 8.42 Å². The SMILES string of the molecule is O=S(=O)(Oc1cccc2ccccc12)c1cccc2ccccc12.[NaH]. The van der Waals surface area contributed by atoms with Gasteiger partial charge < -0.3 is 4.18 Å². The molecule has 0 aliphatic rings. The van der Waals surface area contributed by atoms with Crippen LogP contribution in [0.15, 0.2) is 89.8 Å². The van der Waals surface area contributed by atoms with Gasteiger partial charge in [0.1, 0.15) is 4.90 Å². The maximum absolute atomic E-state index is 12.8. The second kappa shape index (κ2) is 7.18. The molecule has 25 heavy (non-hydrogen) atoms. The summed E-state index contributed by atoms with van der Waals surface area (Å²) in [6.45, 7) is 0. The summed E-state index contributed by atoms with van der Waals surface area (Å²) >= 11 is 0. The van der Waals surface area contributed by atoms with Gasteiger partial charge >= 0.3 is 39.7 Å². The van der Waals surface area contributed by atoms with Crippen molar-refractivity contribution in [3.8, 4) is 5.75 Å². The molecule has 120 valence electrons. The topological polar surface area (TPSA) is 43.4 Å². The number of hydrogen-bond acceptors (Lipinski definition) is 3. The van der Waals surface area contributed by atoms with Crippen molar-refractivity contribution in [3.05, 3.63) is 84.9 Å². The molecule has 0 aliphatic heterocycles. The van der Waals surface area contributed by atoms with Gasteiger partial charge in [-0.05, 0) is 22.9 Å². The Kier molecular flexibility index (Phi) is 5.16. The molecule has 0 atom stereocenters. The molecule has 4 aromatic rings. The Morgan fingerprint density at radius 1 is 0.600 bits per heavy atom. The molecule has 0 unspecified atom stereocenters. The molecule has 5 heteroatoms. The number of benzene rings is 4. The van der Waals surface area contributed by atoms with E-state index >= 15 is 0 Å². The van der Waals surface area contributed by atoms with Crippen LogP contribution in [0.3, 0.4) is 0 Å². The zero-order valence-corrected chi connectivity index (χ0v) is 13.5. The summed E-state index contributed by atoms with van der Waals surface area (Å²) in [5.74, 6) is 0.334. The molecule has 0 N–H and O–H groups in total. The van der Waals surface area contributed by atoms with Crippen LogP contribution in [-0.2, 0) is 10.1 Å². The Morgan fingerprint density at radius 3 is 1.84 bits per heavy atom. The van der Waals surface area contributed by atoms with Gasteiger partial charge in [0.15, 0.2) is 5.75 Å². The summed E-state index contributed by atoms with van der Waals surface area (Å²) in [6.07, 6.45) is 0. The van der Waals surface area contributed by atoms with E-state index in [1.165, 1.54) is 0 Å². The fourth-order valence-electron chi connectivity index (χ4n) is 2.85. The van der Waals surface area contributed by atoms with E-state index < -0.39 is 10.1 Å². The van der Waals surface area contributed by atoms with Crippen molar-refractivity contribution in [2.45, 2.75) is 4.90 Å². The molecule has 0 amide bonds. The molecule has 0 aliphatic carbocycles. The van der Waals surface area contributed by atoms with Crippen molar-refractivity contribution in [1.82, 2.24) is 0 Å². The monoisotopic (exact) mass is 358 g/mol. The minimum absolute atomic E-state index is 0. The van der Waals surface area contributed by atoms with Gasteiger partial charge in [-0.2, -0.15) is 8.42 Å². The molecule has 4 rings (SSSR count). The molecule has 0 radical (unpaired) electrons. The fraction of sp³-hybridized carbons (Fsp3) is 0. The van der Waals surface area contributed by atoms with Gasteiger partial charge in [-0.1, -0.05) is 72.8 Å². The summed E-state index contributed by atoms with van der Waals surface area (Å²) in [4.78, 5) is 0.175. The molecule has 4 aromatic carbocycles. The van der Waals surface area contributed by atoms with E-state index in [-0.39, 0.29) is 34.5 Å². The Morgan fingerprint density at radius 2 is 1.12 bits per heavy atom. The minimum atomic E-state index is -3.93. The number of hydrogen-bond donors (Lipinski definition) is 0. The van der Waals surface area contributed by atoms with Gasteiger partial charge in [0.25, 0.3) is 0 Å². The second-order valence-corrected chi connectivity index (χ2v) is 7.01. The van der Waals surface area contributed by atoms with Gasteiger partial charge in [0.2, 0.25) is 0 Å². The first kappa shape index (κ1) is 18.0. The van der Waals surface area contributed by atoms with E-state index in [1.54, 1.807) is 30.3 Å². The second-order valence-electron chi connectivity index (χ2n) is 5.49. The summed E-state index contributed by atoms with van der Waals surface area (Å²) in [5, 5.41) is 3.22. The van der Waals surface area contributed by atoms with Gasteiger partial charge in [-0.15, -0.1) is 0 Å². The number of fused-ring (bicyclic) bond motifs is 2. The summed E-state index contributed by atoms with van der Waals surface area (Å²) < 4.78 is 31.2. The maximum atomic E-state index is 12.8. The van der Waals surface area contributed by atoms with Gasteiger partial charge in [0.05, 0.1) is 0 Å². The standard InChI is InChI=1S/C20H14O3S.Na.H/c21-24(22,20-14-6-10-16-8-2-4-12-18(16)20)23-19-13-5-9-15-7-1-3-11-17(15)19;;/h1-14H;;. The zero-order valence-electron chi connectivity index (χ0n) is 12.7. The molecule has 0 saturated carbocycles. The average Bonchev–Trinajstić information content (AvgIpc) is 2.61. The normalized spacial score (nSPS) is 11.2. The van der Waals surface area contributed by atoms with Crippen LogP contribution in [0.4, 0.5) is 0 Å². The molecule has 0 heterocycles. The van der Waals surface area contributed by atoms with Crippen LogP contribution in [-0.4, -0.2) is 38.0 Å². The van der Waals surface area contributed by atoms with Crippen LogP contribution in [0.5, 0.6) is 5.75 Å². The van der Waals surface area contributed by atoms with Gasteiger partial charge in [-0.3, -0.25) is 0 Å². The third-order valence-electron chi connectivity index (χ3n) is 3.97. The van der Waals surface area contributed by atoms with Crippen LogP contribution < -0.4 is 4.18 Å². The van der Waals surface area contributed by atoms with Crippen molar-refractivity contribution in [3.63, 3.8) is 0 Å². The summed E-state index contributed by atoms with van der Waals surface area (Å²) in [6, 6.07) is 25.5. The molecule has 0 spiro atoms. The zero-order chi connectivity index (χ0) is 16.6. The number of rotatable bonds is 3. The molecule has 3 nitrogen and oxygen atoms in total. The van der Waals surface area contributed by atoms with Crippen molar-refractivity contribution < 1.29 is 12.6 Å². The van der Waals surface area contributed by atoms with Crippen molar-refractivity contribution in [2.24, 2.45) is 0 Å². The Bertz CT molecular complexity index is 1140. The van der Waals surface area contributed by atoms with Crippen molar-refractivity contribution in [2.75, 3.05) is 0 Å². The Hall–Kier alpha value is -1.85. The van der Waals surface area contributed by atoms with Gasteiger partial charge in [0, 0.05) is 10.8 Å². The van der Waals surface area contributed by atoms with E-state index in [0.717, 1.165) is 16.2 Å². The van der Waals surface area contributed by atoms with Crippen molar-refractivity contribution in [1.29, 1.82) is 0 Å². The predicted octanol–water partition coefficient (Wildman–Crippen LogP) is 4.11. The molecular weight excluding hydrogens is 343 g/mol. The first-order chi connectivity index (χ1) is 11.6. The molecular formula is C20H15NaO3S. The summed E-state index contributed by atoms with van der Waals surface area (Å²) in [7, 11) is -3.93. The molecule has 0 fully saturated rings. The van der Waals surface area contributed by atoms with E-state index in [4.69, 9.17) is 4.18 Å². The Labute approximate surface area is 168 Å². The van der Waals surface area contributed by atoms with Crippen LogP contribution in [0, 0.1) is 0 Å². The Balaban J connectivity index is 0.00000182. The van der Waals surface area contributed by atoms with E-state index in [0.29, 0.717) is 11.1 Å². The predicted molar refractivity (Wildman–Crippen MR) is 103 cm³/mol. The first-order valence-corrected chi connectivity index (χ1v) is 8.96. The summed E-state index contributed by atoms with van der Waals surface area (Å²) in [5.41, 5.74) is 0. The molecule has 0 bridgehead atoms. The van der Waals surface area contributed by atoms with E-state index in [2.05, 4.69) is 0 Å².